The number of anilines is 2. The van der Waals surface area contributed by atoms with Crippen LogP contribution in [-0.4, -0.2) is 46.5 Å². The molecule has 6 heteroatoms. The molecule has 0 amide bonds. The van der Waals surface area contributed by atoms with Gasteiger partial charge in [0.25, 0.3) is 0 Å². The minimum atomic E-state index is -0.167. The number of aromatic nitrogens is 2. The van der Waals surface area contributed by atoms with Crippen molar-refractivity contribution < 1.29 is 9.84 Å². The number of hydrogen-bond acceptors (Lipinski definition) is 6. The minimum absolute atomic E-state index is 0.167. The minimum Gasteiger partial charge on any atom is -0.393 e. The predicted octanol–water partition coefficient (Wildman–Crippen LogP) is 1.77. The first-order chi connectivity index (χ1) is 10.8. The molecule has 1 aliphatic heterocycles. The van der Waals surface area contributed by atoms with Crippen molar-refractivity contribution in [3.05, 3.63) is 24.5 Å². The number of aliphatic hydroxyl groups is 1. The molecule has 0 radical (unpaired) electrons. The van der Waals surface area contributed by atoms with E-state index in [9.17, 15) is 5.11 Å². The van der Waals surface area contributed by atoms with Crippen molar-refractivity contribution in [3.8, 4) is 0 Å². The van der Waals surface area contributed by atoms with Crippen LogP contribution in [0.3, 0.4) is 0 Å². The third-order valence-electron chi connectivity index (χ3n) is 4.38. The SMILES string of the molecule is OC1CC(Nc2cc3c(N[C@@H]4CCOC4)nccc3cn2)C1. The molecule has 1 aliphatic carbocycles. The van der Waals surface area contributed by atoms with E-state index in [1.165, 1.54) is 0 Å². The van der Waals surface area contributed by atoms with Crippen molar-refractivity contribution in [1.29, 1.82) is 0 Å². The third-order valence-corrected chi connectivity index (χ3v) is 4.38. The van der Waals surface area contributed by atoms with Gasteiger partial charge in [-0.15, -0.1) is 0 Å². The summed E-state index contributed by atoms with van der Waals surface area (Å²) >= 11 is 0. The summed E-state index contributed by atoms with van der Waals surface area (Å²) in [6, 6.07) is 4.64. The second-order valence-corrected chi connectivity index (χ2v) is 6.12. The Balaban J connectivity index is 1.58. The smallest absolute Gasteiger partial charge is 0.134 e. The van der Waals surface area contributed by atoms with Crippen molar-refractivity contribution in [1.82, 2.24) is 9.97 Å². The summed E-state index contributed by atoms with van der Waals surface area (Å²) in [7, 11) is 0. The van der Waals surface area contributed by atoms with Gasteiger partial charge in [-0.25, -0.2) is 9.97 Å². The molecule has 0 bridgehead atoms. The van der Waals surface area contributed by atoms with Gasteiger partial charge in [0.2, 0.25) is 0 Å². The van der Waals surface area contributed by atoms with Crippen LogP contribution >= 0.6 is 0 Å². The molecule has 4 rings (SSSR count). The zero-order chi connectivity index (χ0) is 14.9. The molecule has 1 atom stereocenters. The van der Waals surface area contributed by atoms with Crippen LogP contribution in [0.1, 0.15) is 19.3 Å². The van der Waals surface area contributed by atoms with Crippen LogP contribution in [-0.2, 0) is 4.74 Å². The lowest BCUT2D eigenvalue weighted by Gasteiger charge is -2.32. The van der Waals surface area contributed by atoms with E-state index >= 15 is 0 Å². The number of fused-ring (bicyclic) bond motifs is 1. The Morgan fingerprint density at radius 2 is 2.09 bits per heavy atom. The number of aliphatic hydroxyl groups excluding tert-OH is 1. The highest BCUT2D eigenvalue weighted by molar-refractivity contribution is 5.92. The highest BCUT2D eigenvalue weighted by Crippen LogP contribution is 2.27. The normalized spacial score (nSPS) is 27.6. The van der Waals surface area contributed by atoms with Gasteiger partial charge >= 0.3 is 0 Å². The zero-order valence-corrected chi connectivity index (χ0v) is 12.3. The lowest BCUT2D eigenvalue weighted by Crippen LogP contribution is -2.39. The fourth-order valence-corrected chi connectivity index (χ4v) is 3.02. The summed E-state index contributed by atoms with van der Waals surface area (Å²) in [6.07, 6.45) is 6.09. The summed E-state index contributed by atoms with van der Waals surface area (Å²) in [5.74, 6) is 1.72. The molecule has 2 fully saturated rings. The summed E-state index contributed by atoms with van der Waals surface area (Å²) in [6.45, 7) is 1.54. The van der Waals surface area contributed by atoms with Crippen LogP contribution in [0, 0.1) is 0 Å². The van der Waals surface area contributed by atoms with Crippen molar-refractivity contribution in [2.75, 3.05) is 23.8 Å². The Bertz CT molecular complexity index is 666. The molecule has 1 saturated heterocycles. The Kier molecular flexibility index (Phi) is 3.56. The number of nitrogens with one attached hydrogen (secondary N) is 2. The second-order valence-electron chi connectivity index (χ2n) is 6.12. The first kappa shape index (κ1) is 13.7. The highest BCUT2D eigenvalue weighted by atomic mass is 16.5. The number of rotatable bonds is 4. The molecule has 0 unspecified atom stereocenters. The Morgan fingerprint density at radius 3 is 2.86 bits per heavy atom. The summed E-state index contributed by atoms with van der Waals surface area (Å²) in [5, 5.41) is 18.3. The third kappa shape index (κ3) is 2.71. The van der Waals surface area contributed by atoms with Gasteiger partial charge in [-0.2, -0.15) is 0 Å². The molecule has 116 valence electrons. The predicted molar refractivity (Wildman–Crippen MR) is 85.0 cm³/mol. The van der Waals surface area contributed by atoms with Gasteiger partial charge in [-0.05, 0) is 31.4 Å². The molecule has 3 N–H and O–H groups in total. The van der Waals surface area contributed by atoms with Crippen LogP contribution in [0.2, 0.25) is 0 Å². The van der Waals surface area contributed by atoms with Crippen LogP contribution in [0.15, 0.2) is 24.5 Å². The van der Waals surface area contributed by atoms with E-state index in [0.29, 0.717) is 12.1 Å². The lowest BCUT2D eigenvalue weighted by molar-refractivity contribution is 0.0835. The fourth-order valence-electron chi connectivity index (χ4n) is 3.02. The van der Waals surface area contributed by atoms with Crippen LogP contribution in [0.4, 0.5) is 11.6 Å². The van der Waals surface area contributed by atoms with E-state index in [0.717, 1.165) is 54.9 Å². The molecule has 2 aliphatic rings. The Morgan fingerprint density at radius 1 is 1.18 bits per heavy atom. The van der Waals surface area contributed by atoms with Crippen molar-refractivity contribution in [2.45, 2.75) is 37.5 Å². The van der Waals surface area contributed by atoms with E-state index < -0.39 is 0 Å². The van der Waals surface area contributed by atoms with Gasteiger partial charge in [-0.3, -0.25) is 0 Å². The number of hydrogen-bond donors (Lipinski definition) is 3. The Hall–Kier alpha value is -1.92. The van der Waals surface area contributed by atoms with Gasteiger partial charge < -0.3 is 20.5 Å². The largest absolute Gasteiger partial charge is 0.393 e. The van der Waals surface area contributed by atoms with E-state index in [2.05, 4.69) is 20.6 Å². The average Bonchev–Trinajstić information content (AvgIpc) is 2.99. The van der Waals surface area contributed by atoms with Crippen molar-refractivity contribution in [2.24, 2.45) is 0 Å². The molecule has 3 heterocycles. The van der Waals surface area contributed by atoms with Crippen molar-refractivity contribution >= 4 is 22.4 Å². The molecule has 6 nitrogen and oxygen atoms in total. The molecule has 2 aromatic heterocycles. The maximum absolute atomic E-state index is 9.38. The molecule has 1 saturated carbocycles. The van der Waals surface area contributed by atoms with Crippen LogP contribution in [0.5, 0.6) is 0 Å². The maximum atomic E-state index is 9.38. The first-order valence-corrected chi connectivity index (χ1v) is 7.81. The summed E-state index contributed by atoms with van der Waals surface area (Å²) in [4.78, 5) is 8.93. The van der Waals surface area contributed by atoms with E-state index in [-0.39, 0.29) is 6.10 Å². The molecular weight excluding hydrogens is 280 g/mol. The topological polar surface area (TPSA) is 79.3 Å². The Labute approximate surface area is 128 Å². The van der Waals surface area contributed by atoms with Crippen molar-refractivity contribution in [3.63, 3.8) is 0 Å². The van der Waals surface area contributed by atoms with Gasteiger partial charge in [0.05, 0.1) is 18.8 Å². The zero-order valence-electron chi connectivity index (χ0n) is 12.3. The van der Waals surface area contributed by atoms with E-state index in [1.54, 1.807) is 6.20 Å². The molecule has 0 spiro atoms. The molecule has 0 aromatic carbocycles. The van der Waals surface area contributed by atoms with E-state index in [1.807, 2.05) is 18.3 Å². The first-order valence-electron chi connectivity index (χ1n) is 7.81. The van der Waals surface area contributed by atoms with Crippen LogP contribution < -0.4 is 10.6 Å². The van der Waals surface area contributed by atoms with Gasteiger partial charge in [0.15, 0.2) is 0 Å². The van der Waals surface area contributed by atoms with Gasteiger partial charge in [-0.1, -0.05) is 0 Å². The number of nitrogens with zero attached hydrogens (tertiary/aromatic N) is 2. The number of pyridine rings is 2. The fraction of sp³-hybridized carbons (Fsp3) is 0.500. The van der Waals surface area contributed by atoms with Crippen LogP contribution in [0.25, 0.3) is 10.8 Å². The monoisotopic (exact) mass is 300 g/mol. The summed E-state index contributed by atoms with van der Waals surface area (Å²) in [5.41, 5.74) is 0. The molecule has 22 heavy (non-hydrogen) atoms. The standard InChI is InChI=1S/C16H20N4O2/c21-13-5-12(6-13)19-15-7-14-10(8-18-15)1-3-17-16(14)20-11-2-4-22-9-11/h1,3,7-8,11-13,21H,2,4-6,9H2,(H,17,20)(H,18,19)/t11-,12?,13?/m1/s1. The van der Waals surface area contributed by atoms with E-state index in [4.69, 9.17) is 4.74 Å². The highest BCUT2D eigenvalue weighted by Gasteiger charge is 2.27. The number of ether oxygens (including phenoxy) is 1. The summed E-state index contributed by atoms with van der Waals surface area (Å²) < 4.78 is 5.41. The average molecular weight is 300 g/mol. The maximum Gasteiger partial charge on any atom is 0.134 e. The second kappa shape index (κ2) is 5.70. The lowest BCUT2D eigenvalue weighted by atomic mass is 9.89. The molecule has 2 aromatic rings. The quantitative estimate of drug-likeness (QED) is 0.798. The van der Waals surface area contributed by atoms with Gasteiger partial charge in [0.1, 0.15) is 11.6 Å². The molecular formula is C16H20N4O2. The van der Waals surface area contributed by atoms with Gasteiger partial charge in [0, 0.05) is 35.8 Å².